The Morgan fingerprint density at radius 3 is 1.33 bits per heavy atom. The smallest absolute Gasteiger partial charge is 0.366 e. The average molecular weight is 961 g/mol. The molecule has 8 rings (SSSR count). The number of hydrogen-bond donors (Lipinski definition) is 0. The monoisotopic (exact) mass is 960 g/mol. The first-order valence-corrected chi connectivity index (χ1v) is 22.1. The van der Waals surface area contributed by atoms with E-state index in [-0.39, 0.29) is 27.8 Å². The van der Waals surface area contributed by atoms with E-state index in [1.165, 1.54) is 74.7 Å². The molecule has 70 heavy (non-hydrogen) atoms. The molecule has 18 nitrogen and oxygen atoms in total. The van der Waals surface area contributed by atoms with Crippen molar-refractivity contribution in [3.05, 3.63) is 179 Å². The van der Waals surface area contributed by atoms with E-state index < -0.39 is 116 Å². The van der Waals surface area contributed by atoms with Gasteiger partial charge in [0.25, 0.3) is 5.79 Å². The van der Waals surface area contributed by atoms with E-state index in [0.29, 0.717) is 0 Å². The lowest BCUT2D eigenvalue weighted by molar-refractivity contribution is -0.394. The summed E-state index contributed by atoms with van der Waals surface area (Å²) in [5, 5.41) is 0. The van der Waals surface area contributed by atoms with Gasteiger partial charge in [-0.2, -0.15) is 0 Å². The van der Waals surface area contributed by atoms with Crippen molar-refractivity contribution < 1.29 is 85.6 Å². The van der Waals surface area contributed by atoms with Gasteiger partial charge in [-0.1, -0.05) is 91.0 Å². The third kappa shape index (κ3) is 11.2. The van der Waals surface area contributed by atoms with Crippen LogP contribution in [0.2, 0.25) is 0 Å². The molecule has 3 heterocycles. The first-order valence-electron chi connectivity index (χ1n) is 22.1. The van der Waals surface area contributed by atoms with Crippen LogP contribution in [0.3, 0.4) is 0 Å². The molecule has 5 aromatic carbocycles. The van der Waals surface area contributed by atoms with Crippen LogP contribution in [0.5, 0.6) is 0 Å². The minimum absolute atomic E-state index is 0.0685. The predicted molar refractivity (Wildman–Crippen MR) is 240 cm³/mol. The van der Waals surface area contributed by atoms with E-state index in [4.69, 9.17) is 56.8 Å². The molecule has 11 atom stereocenters. The lowest BCUT2D eigenvalue weighted by Gasteiger charge is -2.51. The Labute approximate surface area is 401 Å². The fourth-order valence-electron chi connectivity index (χ4n) is 8.01. The molecule has 0 unspecified atom stereocenters. The van der Waals surface area contributed by atoms with E-state index >= 15 is 0 Å². The Morgan fingerprint density at radius 1 is 0.500 bits per heavy atom. The van der Waals surface area contributed by atoms with Gasteiger partial charge >= 0.3 is 35.8 Å². The van der Waals surface area contributed by atoms with Crippen LogP contribution >= 0.6 is 0 Å². The molecule has 0 saturated carbocycles. The van der Waals surface area contributed by atoms with Gasteiger partial charge in [0.05, 0.1) is 41.5 Å². The van der Waals surface area contributed by atoms with Crippen LogP contribution in [0.15, 0.2) is 152 Å². The molecule has 3 aliphatic rings. The van der Waals surface area contributed by atoms with E-state index in [2.05, 4.69) is 0 Å². The van der Waals surface area contributed by atoms with Crippen molar-refractivity contribution in [3.8, 4) is 0 Å². The zero-order valence-corrected chi connectivity index (χ0v) is 38.0. The van der Waals surface area contributed by atoms with Crippen molar-refractivity contribution in [3.63, 3.8) is 0 Å². The number of fused-ring (bicyclic) bond motifs is 1. The summed E-state index contributed by atoms with van der Waals surface area (Å²) in [6.45, 7) is 0.321. The Bertz CT molecular complexity index is 2580. The quantitative estimate of drug-likeness (QED) is 0.0932. The summed E-state index contributed by atoms with van der Waals surface area (Å²) >= 11 is 0. The number of methoxy groups -OCH3 is 2. The summed E-state index contributed by atoms with van der Waals surface area (Å²) in [6.07, 6.45) is -15.9. The third-order valence-corrected chi connectivity index (χ3v) is 11.5. The number of rotatable bonds is 15. The molecule has 0 radical (unpaired) electrons. The molecule has 0 bridgehead atoms. The second kappa shape index (κ2) is 22.4. The van der Waals surface area contributed by atoms with Gasteiger partial charge in [-0.05, 0) is 60.7 Å². The van der Waals surface area contributed by atoms with Gasteiger partial charge in [0.2, 0.25) is 0 Å². The van der Waals surface area contributed by atoms with Gasteiger partial charge in [0.1, 0.15) is 31.0 Å². The number of carbonyl (C=O) groups is 6. The van der Waals surface area contributed by atoms with Gasteiger partial charge in [-0.3, -0.25) is 0 Å². The number of hydrogen-bond acceptors (Lipinski definition) is 18. The second-order valence-electron chi connectivity index (χ2n) is 16.2. The van der Waals surface area contributed by atoms with Crippen molar-refractivity contribution in [2.45, 2.75) is 74.1 Å². The number of esters is 6. The predicted octanol–water partition coefficient (Wildman–Crippen LogP) is 5.53. The molecule has 5 aromatic rings. The fourth-order valence-corrected chi connectivity index (χ4v) is 8.01. The Kier molecular flexibility index (Phi) is 15.7. The third-order valence-electron chi connectivity index (χ3n) is 11.5. The van der Waals surface area contributed by atoms with Crippen LogP contribution in [-0.4, -0.2) is 130 Å². The van der Waals surface area contributed by atoms with Gasteiger partial charge in [0, 0.05) is 14.0 Å². The van der Waals surface area contributed by atoms with Crippen LogP contribution in [0.25, 0.3) is 0 Å². The largest absolute Gasteiger partial charge is 0.465 e. The molecule has 0 N–H and O–H groups in total. The highest BCUT2D eigenvalue weighted by Crippen LogP contribution is 2.40. The topological polar surface area (TPSA) is 213 Å². The molecule has 3 aliphatic heterocycles. The minimum Gasteiger partial charge on any atom is -0.465 e. The van der Waals surface area contributed by atoms with Crippen molar-refractivity contribution in [1.29, 1.82) is 0 Å². The van der Waals surface area contributed by atoms with Crippen LogP contribution < -0.4 is 0 Å². The summed E-state index contributed by atoms with van der Waals surface area (Å²) in [5.74, 6) is -7.36. The molecule has 3 fully saturated rings. The molecule has 0 aromatic heterocycles. The molecular formula is C52H48O18. The maximum absolute atomic E-state index is 14.2. The van der Waals surface area contributed by atoms with Crippen LogP contribution in [-0.2, 0) is 61.6 Å². The summed E-state index contributed by atoms with van der Waals surface area (Å²) in [7, 11) is 2.39. The zero-order valence-electron chi connectivity index (χ0n) is 38.0. The summed E-state index contributed by atoms with van der Waals surface area (Å²) < 4.78 is 73.2. The van der Waals surface area contributed by atoms with Crippen molar-refractivity contribution >= 4 is 35.8 Å². The lowest BCUT2D eigenvalue weighted by atomic mass is 9.95. The zero-order chi connectivity index (χ0) is 49.2. The van der Waals surface area contributed by atoms with E-state index in [9.17, 15) is 28.8 Å². The van der Waals surface area contributed by atoms with Crippen molar-refractivity contribution in [1.82, 2.24) is 0 Å². The van der Waals surface area contributed by atoms with Crippen molar-refractivity contribution in [2.75, 3.05) is 27.4 Å². The highest BCUT2D eigenvalue weighted by atomic mass is 16.8. The number of benzene rings is 5. The maximum atomic E-state index is 14.2. The van der Waals surface area contributed by atoms with Crippen LogP contribution in [0, 0.1) is 0 Å². The van der Waals surface area contributed by atoms with Crippen molar-refractivity contribution in [2.24, 2.45) is 0 Å². The molecule has 0 spiro atoms. The second-order valence-corrected chi connectivity index (χ2v) is 16.2. The highest BCUT2D eigenvalue weighted by molar-refractivity contribution is 5.92. The van der Waals surface area contributed by atoms with Gasteiger partial charge in [-0.25, -0.2) is 28.8 Å². The van der Waals surface area contributed by atoms with E-state index in [0.717, 1.165) is 7.11 Å². The standard InChI is InChI=1S/C52H48O18/c1-52(51(58)60-3)62-30-37-39(70-52)41(66-46(55)33-23-13-6-14-24-33)43(68-48(57)35-27-17-8-18-28-35)50(64-37)69-40-38(65-45(54)32-21-11-5-12-22-32)36(29-61-44(53)31-19-9-4-10-20-31)63-49(59-2)42(40)67-47(56)34-25-15-7-16-26-34/h4-28,36-43,49-50H,29-30H2,1-3H3/t36-,37-,38-,39-,40+,41+,42-,43-,49-,50+,52+/m1/s1. The Balaban J connectivity index is 1.24. The highest BCUT2D eigenvalue weighted by Gasteiger charge is 2.61. The molecule has 18 heteroatoms. The van der Waals surface area contributed by atoms with Gasteiger partial charge in [0.15, 0.2) is 37.0 Å². The number of carbonyl (C=O) groups excluding carboxylic acids is 6. The summed E-state index contributed by atoms with van der Waals surface area (Å²) in [6, 6.07) is 39.7. The number of ether oxygens (including phenoxy) is 12. The van der Waals surface area contributed by atoms with Crippen LogP contribution in [0.1, 0.15) is 58.7 Å². The first kappa shape index (κ1) is 49.1. The average Bonchev–Trinajstić information content (AvgIpc) is 3.40. The maximum Gasteiger partial charge on any atom is 0.366 e. The molecule has 0 aliphatic carbocycles. The Morgan fingerprint density at radius 2 is 0.900 bits per heavy atom. The first-order chi connectivity index (χ1) is 34.0. The molecule has 0 amide bonds. The van der Waals surface area contributed by atoms with Gasteiger partial charge < -0.3 is 56.8 Å². The molecular weight excluding hydrogens is 913 g/mol. The minimum atomic E-state index is -2.07. The normalized spacial score (nSPS) is 27.1. The van der Waals surface area contributed by atoms with Gasteiger partial charge in [-0.15, -0.1) is 0 Å². The molecule has 3 saturated heterocycles. The fraction of sp³-hybridized carbons (Fsp3) is 0.308. The summed E-state index contributed by atoms with van der Waals surface area (Å²) in [5.41, 5.74) is 0.570. The lowest BCUT2D eigenvalue weighted by Crippen LogP contribution is -2.70. The summed E-state index contributed by atoms with van der Waals surface area (Å²) in [4.78, 5) is 83.0. The Hall–Kier alpha value is -7.32. The van der Waals surface area contributed by atoms with E-state index in [1.807, 2.05) is 0 Å². The SMILES string of the molecule is COC(=O)[C@@]1(C)OC[C@H]2O[C@@H](O[C@@H]3[C@@H](OC(=O)c4ccccc4)[C@H](OC)O[C@H](COC(=O)c4ccccc4)[C@H]3OC(=O)c3ccccc3)[C@H](OC(=O)c3ccccc3)[C@@H](OC(=O)c3ccccc3)[C@@H]2O1. The van der Waals surface area contributed by atoms with E-state index in [1.54, 1.807) is 91.0 Å². The van der Waals surface area contributed by atoms with Crippen LogP contribution in [0.4, 0.5) is 0 Å². The molecule has 364 valence electrons.